The Hall–Kier alpha value is -0.202. The molecule has 0 bridgehead atoms. The van der Waals surface area contributed by atoms with E-state index < -0.39 is 0 Å². The van der Waals surface area contributed by atoms with Crippen molar-refractivity contribution in [3.05, 3.63) is 28.4 Å². The molecule has 0 saturated heterocycles. The molecule has 19 heavy (non-hydrogen) atoms. The van der Waals surface area contributed by atoms with Crippen molar-refractivity contribution in [3.63, 3.8) is 0 Å². The molecule has 0 atom stereocenters. The van der Waals surface area contributed by atoms with Crippen LogP contribution in [0.4, 0.5) is 0 Å². The first kappa shape index (κ1) is 18.8. The number of pyridine rings is 1. The van der Waals surface area contributed by atoms with Crippen LogP contribution in [-0.4, -0.2) is 32.0 Å². The van der Waals surface area contributed by atoms with E-state index in [0.717, 1.165) is 0 Å². The molecule has 0 radical (unpaired) electrons. The fourth-order valence-corrected chi connectivity index (χ4v) is 1.29. The summed E-state index contributed by atoms with van der Waals surface area (Å²) in [4.78, 5) is 4.01. The van der Waals surface area contributed by atoms with Gasteiger partial charge in [-0.2, -0.15) is 0 Å². The Labute approximate surface area is 136 Å². The molecular weight excluding hydrogens is 489 g/mol. The van der Waals surface area contributed by atoms with Crippen LogP contribution < -0.4 is 0 Å². The van der Waals surface area contributed by atoms with E-state index in [1.807, 2.05) is 6.26 Å². The Kier molecular flexibility index (Phi) is 10.5. The molecule has 0 aliphatic heterocycles. The molecule has 0 saturated carbocycles. The molecule has 1 rings (SSSR count). The minimum absolute atomic E-state index is 0.180. The van der Waals surface area contributed by atoms with Crippen molar-refractivity contribution in [2.45, 2.75) is 13.5 Å². The molecule has 3 N–H and O–H groups in total. The van der Waals surface area contributed by atoms with Gasteiger partial charge in [-0.1, -0.05) is 11.8 Å². The number of hydrogen-bond acceptors (Lipinski definition) is 4. The van der Waals surface area contributed by atoms with Gasteiger partial charge < -0.3 is 20.7 Å². The van der Waals surface area contributed by atoms with Crippen molar-refractivity contribution in [2.75, 3.05) is 6.26 Å². The van der Waals surface area contributed by atoms with E-state index in [9.17, 15) is 0 Å². The Morgan fingerprint density at radius 3 is 2.89 bits per heavy atom. The predicted octanol–water partition coefficient (Wildman–Crippen LogP) is 1.44. The molecule has 5 nitrogen and oxygen atoms in total. The molecule has 0 aliphatic rings. The Bertz CT molecular complexity index is 461. The molecule has 1 aromatic heterocycles. The summed E-state index contributed by atoms with van der Waals surface area (Å²) in [6.07, 6.45) is 4.82. The van der Waals surface area contributed by atoms with Crippen LogP contribution in [0.1, 0.15) is 16.8 Å². The number of aliphatic hydroxyl groups is 1. The number of aryl methyl sites for hydroxylation is 1. The molecule has 1 heterocycles. The van der Waals surface area contributed by atoms with E-state index in [0.29, 0.717) is 21.1 Å². The van der Waals surface area contributed by atoms with Gasteiger partial charge in [-0.15, -0.1) is 0 Å². The summed E-state index contributed by atoms with van der Waals surface area (Å²) in [7, 11) is 4.61. The molecule has 0 amide bonds. The summed E-state index contributed by atoms with van der Waals surface area (Å²) in [6, 6.07) is 0. The molecular formula is C10H14ClN3O2PtS2+2. The average molecular weight is 503 g/mol. The quantitative estimate of drug-likeness (QED) is 0.223. The van der Waals surface area contributed by atoms with Crippen molar-refractivity contribution in [1.29, 1.82) is 0 Å². The molecule has 0 fully saturated rings. The number of hydrogen-bond donors (Lipinski definition) is 1. The summed E-state index contributed by atoms with van der Waals surface area (Å²) < 4.78 is 0.532. The van der Waals surface area contributed by atoms with Crippen LogP contribution in [-0.2, 0) is 37.6 Å². The van der Waals surface area contributed by atoms with Crippen LogP contribution in [0.3, 0.4) is 0 Å². The second-order valence-corrected chi connectivity index (χ2v) is 4.67. The summed E-state index contributed by atoms with van der Waals surface area (Å²) in [5.74, 6) is 0.250. The Morgan fingerprint density at radius 2 is 2.37 bits per heavy atom. The number of thioether (sulfide) groups is 1. The third-order valence-electron chi connectivity index (χ3n) is 2.07. The fourth-order valence-electron chi connectivity index (χ4n) is 1.11. The van der Waals surface area contributed by atoms with Gasteiger partial charge in [0.2, 0.25) is 0 Å². The molecule has 108 valence electrons. The van der Waals surface area contributed by atoms with Crippen molar-refractivity contribution < 1.29 is 29.0 Å². The average Bonchev–Trinajstić information content (AvgIpc) is 2.45. The summed E-state index contributed by atoms with van der Waals surface area (Å²) in [6.45, 7) is 1.55. The standard InChI is InChI=1S/C10H13N3O2S2.ClH.Pt/c1-6-9(15)8(7(5-14)3-11-6)4-12-13-10(16)17-2;;/h3-4,14H,5H2,1-2H3,(H2,11,12,13,15,16);1H;/q;;+2. The van der Waals surface area contributed by atoms with E-state index in [-0.39, 0.29) is 12.4 Å². The van der Waals surface area contributed by atoms with Gasteiger partial charge in [-0.05, 0) is 13.2 Å². The topological polar surface area (TPSA) is 82.5 Å². The maximum atomic E-state index is 9.15. The van der Waals surface area contributed by atoms with Gasteiger partial charge in [0, 0.05) is 18.0 Å². The van der Waals surface area contributed by atoms with Gasteiger partial charge >= 0.3 is 28.2 Å². The monoisotopic (exact) mass is 502 g/mol. The third-order valence-corrected chi connectivity index (χ3v) is 3.16. The zero-order valence-electron chi connectivity index (χ0n) is 10.2. The van der Waals surface area contributed by atoms with Crippen molar-refractivity contribution in [2.24, 2.45) is 5.10 Å². The van der Waals surface area contributed by atoms with Crippen LogP contribution in [0.15, 0.2) is 11.3 Å². The number of thiol groups is 1. The molecule has 0 aromatic carbocycles. The maximum absolute atomic E-state index is 9.15. The van der Waals surface area contributed by atoms with E-state index in [1.54, 1.807) is 25.7 Å². The van der Waals surface area contributed by atoms with Crippen molar-refractivity contribution >= 4 is 43.9 Å². The predicted molar refractivity (Wildman–Crippen MR) is 82.0 cm³/mol. The molecule has 0 spiro atoms. The molecule has 9 heteroatoms. The molecule has 0 unspecified atom stereocenters. The van der Waals surface area contributed by atoms with Crippen LogP contribution in [0.25, 0.3) is 5.43 Å². The zero-order chi connectivity index (χ0) is 14.8. The minimum atomic E-state index is -0.180. The van der Waals surface area contributed by atoms with Crippen LogP contribution in [0, 0.1) is 6.92 Å². The molecule has 1 aromatic rings. The number of halogens is 1. The van der Waals surface area contributed by atoms with Gasteiger partial charge in [-0.25, -0.2) is 0 Å². The van der Waals surface area contributed by atoms with E-state index in [2.05, 4.69) is 37.1 Å². The van der Waals surface area contributed by atoms with Gasteiger partial charge in [-0.3, -0.25) is 4.98 Å². The van der Waals surface area contributed by atoms with E-state index in [4.69, 9.17) is 10.2 Å². The van der Waals surface area contributed by atoms with Crippen LogP contribution >= 0.6 is 21.2 Å². The Balaban J connectivity index is 0.00000154. The van der Waals surface area contributed by atoms with E-state index in [1.165, 1.54) is 24.2 Å². The normalized spacial score (nSPS) is 10.0. The number of rotatable bonds is 3. The van der Waals surface area contributed by atoms with Crippen molar-refractivity contribution in [1.82, 2.24) is 4.98 Å². The number of nitrogens with zero attached hydrogens (tertiary/aromatic N) is 3. The Morgan fingerprint density at radius 1 is 1.74 bits per heavy atom. The van der Waals surface area contributed by atoms with Crippen molar-refractivity contribution in [3.8, 4) is 5.75 Å². The third kappa shape index (κ3) is 6.19. The first-order chi connectivity index (χ1) is 9.10. The zero-order valence-corrected chi connectivity index (χ0v) is 14.9. The van der Waals surface area contributed by atoms with Gasteiger partial charge in [0.25, 0.3) is 5.75 Å². The van der Waals surface area contributed by atoms with Gasteiger partial charge in [0.15, 0.2) is 16.5 Å². The molecule has 0 aliphatic carbocycles. The fraction of sp³-hybridized carbons (Fsp3) is 0.300. The summed E-state index contributed by atoms with van der Waals surface area (Å²) in [5, 5.41) is 20.8. The summed E-state index contributed by atoms with van der Waals surface area (Å²) >= 11 is 7.04. The van der Waals surface area contributed by atoms with Crippen LogP contribution in [0.2, 0.25) is 0 Å². The number of aliphatic hydroxyl groups excluding tert-OH is 1. The second-order valence-electron chi connectivity index (χ2n) is 3.15. The summed E-state index contributed by atoms with van der Waals surface area (Å²) in [5.41, 5.74) is 5.49. The van der Waals surface area contributed by atoms with Gasteiger partial charge in [0.1, 0.15) is 5.69 Å². The SMILES string of the molecule is CSC(=[SH+])[N-]N=Cc1c(CO)cnc(C)c1[OH2+].[Cl][Pt+]. The van der Waals surface area contributed by atoms with E-state index >= 15 is 0 Å². The van der Waals surface area contributed by atoms with Gasteiger partial charge in [0.05, 0.1) is 12.2 Å². The second kappa shape index (κ2) is 10.6. The number of aromatic nitrogens is 1. The first-order valence-electron chi connectivity index (χ1n) is 4.87. The first-order valence-corrected chi connectivity index (χ1v) is 9.35. The van der Waals surface area contributed by atoms with Crippen LogP contribution in [0.5, 0.6) is 5.75 Å².